The molecular formula is C13H11BrN2O2. The number of nitrogen functional groups attached to an aromatic ring is 1. The standard InChI is InChI=1S/C13H11BrN2O2/c14-9-3-1-8(2-4-9)13(18)16-10-5-6-12(17)11(15)7-10/h1-7,17H,15H2,(H,16,18). The fraction of sp³-hybridized carbons (Fsp3) is 0. The molecule has 92 valence electrons. The van der Waals surface area contributed by atoms with Gasteiger partial charge in [0, 0.05) is 15.7 Å². The lowest BCUT2D eigenvalue weighted by Crippen LogP contribution is -2.11. The molecule has 0 aromatic heterocycles. The van der Waals surface area contributed by atoms with Crippen molar-refractivity contribution in [1.29, 1.82) is 0 Å². The molecule has 0 bridgehead atoms. The van der Waals surface area contributed by atoms with Gasteiger partial charge in [-0.15, -0.1) is 0 Å². The number of hydrogen-bond acceptors (Lipinski definition) is 3. The first-order valence-corrected chi connectivity index (χ1v) is 6.01. The summed E-state index contributed by atoms with van der Waals surface area (Å²) in [7, 11) is 0. The molecule has 0 heterocycles. The maximum atomic E-state index is 11.9. The van der Waals surface area contributed by atoms with Gasteiger partial charge in [-0.3, -0.25) is 4.79 Å². The second-order valence-electron chi connectivity index (χ2n) is 3.73. The Bertz CT molecular complexity index is 582. The zero-order chi connectivity index (χ0) is 13.1. The predicted molar refractivity (Wildman–Crippen MR) is 74.6 cm³/mol. The summed E-state index contributed by atoms with van der Waals surface area (Å²) in [6.07, 6.45) is 0. The van der Waals surface area contributed by atoms with E-state index in [9.17, 15) is 9.90 Å². The van der Waals surface area contributed by atoms with Gasteiger partial charge in [-0.2, -0.15) is 0 Å². The number of phenolic OH excluding ortho intramolecular Hbond substituents is 1. The van der Waals surface area contributed by atoms with Crippen molar-refractivity contribution in [3.63, 3.8) is 0 Å². The number of amides is 1. The first-order valence-electron chi connectivity index (χ1n) is 5.21. The molecule has 4 nitrogen and oxygen atoms in total. The van der Waals surface area contributed by atoms with Gasteiger partial charge in [-0.25, -0.2) is 0 Å². The maximum absolute atomic E-state index is 11.9. The fourth-order valence-corrected chi connectivity index (χ4v) is 1.70. The van der Waals surface area contributed by atoms with Crippen molar-refractivity contribution in [3.8, 4) is 5.75 Å². The second-order valence-corrected chi connectivity index (χ2v) is 4.65. The maximum Gasteiger partial charge on any atom is 0.255 e. The van der Waals surface area contributed by atoms with E-state index in [-0.39, 0.29) is 17.3 Å². The lowest BCUT2D eigenvalue weighted by molar-refractivity contribution is 0.102. The number of carbonyl (C=O) groups is 1. The van der Waals surface area contributed by atoms with E-state index >= 15 is 0 Å². The van der Waals surface area contributed by atoms with Crippen LogP contribution in [0.4, 0.5) is 11.4 Å². The lowest BCUT2D eigenvalue weighted by atomic mass is 10.2. The summed E-state index contributed by atoms with van der Waals surface area (Å²) >= 11 is 3.30. The molecule has 18 heavy (non-hydrogen) atoms. The summed E-state index contributed by atoms with van der Waals surface area (Å²) < 4.78 is 0.910. The molecule has 0 unspecified atom stereocenters. The molecule has 2 aromatic rings. The van der Waals surface area contributed by atoms with Gasteiger partial charge in [0.25, 0.3) is 5.91 Å². The SMILES string of the molecule is Nc1cc(NC(=O)c2ccc(Br)cc2)ccc1O. The second kappa shape index (κ2) is 5.10. The highest BCUT2D eigenvalue weighted by molar-refractivity contribution is 9.10. The van der Waals surface area contributed by atoms with Crippen LogP contribution in [-0.4, -0.2) is 11.0 Å². The molecule has 0 radical (unpaired) electrons. The molecule has 0 atom stereocenters. The first-order chi connectivity index (χ1) is 8.56. The molecule has 0 spiro atoms. The van der Waals surface area contributed by atoms with Crippen LogP contribution in [0, 0.1) is 0 Å². The molecule has 2 aromatic carbocycles. The van der Waals surface area contributed by atoms with Crippen LogP contribution in [0.1, 0.15) is 10.4 Å². The average molecular weight is 307 g/mol. The van der Waals surface area contributed by atoms with Crippen LogP contribution in [0.15, 0.2) is 46.9 Å². The topological polar surface area (TPSA) is 75.3 Å². The van der Waals surface area contributed by atoms with Crippen LogP contribution in [0.25, 0.3) is 0 Å². The van der Waals surface area contributed by atoms with Gasteiger partial charge >= 0.3 is 0 Å². The Hall–Kier alpha value is -2.01. The van der Waals surface area contributed by atoms with Crippen molar-refractivity contribution < 1.29 is 9.90 Å². The minimum Gasteiger partial charge on any atom is -0.506 e. The largest absolute Gasteiger partial charge is 0.506 e. The number of halogens is 1. The lowest BCUT2D eigenvalue weighted by Gasteiger charge is -2.07. The molecule has 0 aliphatic heterocycles. The van der Waals surface area contributed by atoms with Gasteiger partial charge in [-0.1, -0.05) is 15.9 Å². The highest BCUT2D eigenvalue weighted by Gasteiger charge is 2.06. The number of carbonyl (C=O) groups excluding carboxylic acids is 1. The monoisotopic (exact) mass is 306 g/mol. The summed E-state index contributed by atoms with van der Waals surface area (Å²) in [5, 5.41) is 12.0. The van der Waals surface area contributed by atoms with E-state index in [1.54, 1.807) is 30.3 Å². The quantitative estimate of drug-likeness (QED) is 0.453. The van der Waals surface area contributed by atoms with E-state index < -0.39 is 0 Å². The highest BCUT2D eigenvalue weighted by atomic mass is 79.9. The van der Waals surface area contributed by atoms with Gasteiger partial charge in [0.1, 0.15) is 5.75 Å². The summed E-state index contributed by atoms with van der Waals surface area (Å²) in [5.41, 5.74) is 6.86. The van der Waals surface area contributed by atoms with Crippen LogP contribution in [0.5, 0.6) is 5.75 Å². The van der Waals surface area contributed by atoms with Crippen molar-refractivity contribution in [2.45, 2.75) is 0 Å². The van der Waals surface area contributed by atoms with E-state index in [4.69, 9.17) is 5.73 Å². The van der Waals surface area contributed by atoms with Crippen molar-refractivity contribution in [3.05, 3.63) is 52.5 Å². The number of phenols is 1. The molecule has 0 saturated carbocycles. The van der Waals surface area contributed by atoms with Crippen molar-refractivity contribution in [1.82, 2.24) is 0 Å². The van der Waals surface area contributed by atoms with Gasteiger partial charge in [0.2, 0.25) is 0 Å². The zero-order valence-corrected chi connectivity index (χ0v) is 10.9. The van der Waals surface area contributed by atoms with Gasteiger partial charge in [0.15, 0.2) is 0 Å². The van der Waals surface area contributed by atoms with E-state index in [0.717, 1.165) is 4.47 Å². The van der Waals surface area contributed by atoms with E-state index in [1.807, 2.05) is 0 Å². The average Bonchev–Trinajstić information content (AvgIpc) is 2.34. The Morgan fingerprint density at radius 3 is 2.44 bits per heavy atom. The Balaban J connectivity index is 2.16. The fourth-order valence-electron chi connectivity index (χ4n) is 1.44. The molecule has 0 fully saturated rings. The molecule has 1 amide bonds. The summed E-state index contributed by atoms with van der Waals surface area (Å²) in [4.78, 5) is 11.9. The van der Waals surface area contributed by atoms with E-state index in [1.165, 1.54) is 12.1 Å². The molecule has 4 N–H and O–H groups in total. The van der Waals surface area contributed by atoms with Crippen molar-refractivity contribution in [2.75, 3.05) is 11.1 Å². The third-order valence-electron chi connectivity index (χ3n) is 2.39. The van der Waals surface area contributed by atoms with Crippen molar-refractivity contribution >= 4 is 33.2 Å². The minimum absolute atomic E-state index is 0.00311. The smallest absolute Gasteiger partial charge is 0.255 e. The molecular weight excluding hydrogens is 296 g/mol. The van der Waals surface area contributed by atoms with Crippen LogP contribution < -0.4 is 11.1 Å². The third-order valence-corrected chi connectivity index (χ3v) is 2.92. The zero-order valence-electron chi connectivity index (χ0n) is 9.35. The summed E-state index contributed by atoms with van der Waals surface area (Å²) in [5.74, 6) is -0.232. The normalized spacial score (nSPS) is 10.1. The number of rotatable bonds is 2. The molecule has 0 aliphatic carbocycles. The Morgan fingerprint density at radius 1 is 1.17 bits per heavy atom. The summed E-state index contributed by atoms with van der Waals surface area (Å²) in [6.45, 7) is 0. The Labute approximate surface area is 113 Å². The Kier molecular flexibility index (Phi) is 3.53. The molecule has 0 aliphatic rings. The minimum atomic E-state index is -0.229. The van der Waals surface area contributed by atoms with Gasteiger partial charge in [0.05, 0.1) is 5.69 Å². The number of nitrogens with one attached hydrogen (secondary N) is 1. The summed E-state index contributed by atoms with van der Waals surface area (Å²) in [6, 6.07) is 11.5. The molecule has 5 heteroatoms. The number of hydrogen-bond donors (Lipinski definition) is 3. The third kappa shape index (κ3) is 2.81. The number of nitrogens with two attached hydrogens (primary N) is 1. The van der Waals surface area contributed by atoms with Gasteiger partial charge in [-0.05, 0) is 42.5 Å². The molecule has 0 saturated heterocycles. The van der Waals surface area contributed by atoms with Crippen molar-refractivity contribution in [2.24, 2.45) is 0 Å². The van der Waals surface area contributed by atoms with E-state index in [0.29, 0.717) is 11.3 Å². The van der Waals surface area contributed by atoms with Crippen LogP contribution in [-0.2, 0) is 0 Å². The van der Waals surface area contributed by atoms with E-state index in [2.05, 4.69) is 21.2 Å². The number of anilines is 2. The van der Waals surface area contributed by atoms with Gasteiger partial charge < -0.3 is 16.2 Å². The Morgan fingerprint density at radius 2 is 1.83 bits per heavy atom. The van der Waals surface area contributed by atoms with Crippen LogP contribution >= 0.6 is 15.9 Å². The first kappa shape index (κ1) is 12.4. The number of aromatic hydroxyl groups is 1. The van der Waals surface area contributed by atoms with Crippen LogP contribution in [0.3, 0.4) is 0 Å². The molecule has 2 rings (SSSR count). The van der Waals surface area contributed by atoms with Crippen LogP contribution in [0.2, 0.25) is 0 Å². The number of benzene rings is 2. The predicted octanol–water partition coefficient (Wildman–Crippen LogP) is 2.99. The highest BCUT2D eigenvalue weighted by Crippen LogP contribution is 2.23.